The molecule has 1 N–H and O–H groups in total. The minimum absolute atomic E-state index is 0.00203. The predicted octanol–water partition coefficient (Wildman–Crippen LogP) is 7.94. The van der Waals surface area contributed by atoms with Crippen molar-refractivity contribution in [1.29, 1.82) is 0 Å². The van der Waals surface area contributed by atoms with Gasteiger partial charge in [-0.05, 0) is 105 Å². The van der Waals surface area contributed by atoms with Crippen molar-refractivity contribution in [2.24, 2.45) is 11.8 Å². The highest BCUT2D eigenvalue weighted by Crippen LogP contribution is 2.48. The number of nitrogens with zero attached hydrogens (tertiary/aromatic N) is 2. The van der Waals surface area contributed by atoms with Gasteiger partial charge in [-0.3, -0.25) is 9.69 Å². The largest absolute Gasteiger partial charge is 0.485 e. The van der Waals surface area contributed by atoms with Gasteiger partial charge in [-0.1, -0.05) is 43.7 Å². The summed E-state index contributed by atoms with van der Waals surface area (Å²) in [5.41, 5.74) is 5.74. The second-order valence-electron chi connectivity index (χ2n) is 13.3. The molecule has 2 aliphatic heterocycles. The number of carbonyl (C=O) groups is 1. The smallest absolute Gasteiger partial charge is 0.306 e. The van der Waals surface area contributed by atoms with Crippen LogP contribution < -0.4 is 9.47 Å². The Balaban J connectivity index is 1.34. The van der Waals surface area contributed by atoms with Crippen LogP contribution in [-0.4, -0.2) is 40.2 Å². The molecule has 6 nitrogen and oxygen atoms in total. The highest BCUT2D eigenvalue weighted by atomic mass is 19.1. The van der Waals surface area contributed by atoms with Gasteiger partial charge in [-0.2, -0.15) is 0 Å². The fourth-order valence-corrected chi connectivity index (χ4v) is 7.17. The van der Waals surface area contributed by atoms with E-state index < -0.39 is 11.9 Å². The number of methoxy groups -OCH3 is 1. The third-order valence-electron chi connectivity index (χ3n) is 9.99. The number of ether oxygens (including phenoxy) is 2. The van der Waals surface area contributed by atoms with Gasteiger partial charge in [0.15, 0.2) is 0 Å². The van der Waals surface area contributed by atoms with E-state index in [0.29, 0.717) is 23.9 Å². The topological polar surface area (TPSA) is 71.9 Å². The van der Waals surface area contributed by atoms with Gasteiger partial charge in [-0.15, -0.1) is 0 Å². The van der Waals surface area contributed by atoms with Gasteiger partial charge in [0.1, 0.15) is 17.7 Å². The van der Waals surface area contributed by atoms with E-state index in [-0.39, 0.29) is 23.4 Å². The number of hydrogen-bond donors (Lipinski definition) is 1. The van der Waals surface area contributed by atoms with Gasteiger partial charge in [0.25, 0.3) is 0 Å². The number of rotatable bonds is 9. The summed E-state index contributed by atoms with van der Waals surface area (Å²) in [4.78, 5) is 18.5. The molecule has 3 aromatic rings. The van der Waals surface area contributed by atoms with Gasteiger partial charge in [0.2, 0.25) is 5.88 Å². The first-order valence-corrected chi connectivity index (χ1v) is 15.7. The molecule has 0 amide bonds. The number of aromatic nitrogens is 1. The number of benzene rings is 2. The molecular weight excluding hydrogens is 543 g/mol. The number of aliphatic carboxylic acids is 1. The zero-order valence-corrected chi connectivity index (χ0v) is 25.7. The number of piperidine rings is 1. The first-order chi connectivity index (χ1) is 20.6. The Bertz CT molecular complexity index is 1500. The van der Waals surface area contributed by atoms with Crippen LogP contribution in [0.3, 0.4) is 0 Å². The maximum absolute atomic E-state index is 15.2. The Kier molecular flexibility index (Phi) is 8.20. The zero-order chi connectivity index (χ0) is 30.3. The average Bonchev–Trinajstić information content (AvgIpc) is 3.83. The van der Waals surface area contributed by atoms with E-state index in [1.165, 1.54) is 12.6 Å². The van der Waals surface area contributed by atoms with Crippen molar-refractivity contribution in [2.75, 3.05) is 13.7 Å². The molecule has 2 fully saturated rings. The number of fused-ring (bicyclic) bond motifs is 1. The molecule has 1 saturated heterocycles. The lowest BCUT2D eigenvalue weighted by Gasteiger charge is -2.43. The normalized spacial score (nSPS) is 21.4. The van der Waals surface area contributed by atoms with Crippen LogP contribution in [0.4, 0.5) is 4.39 Å². The molecule has 6 rings (SSSR count). The first kappa shape index (κ1) is 29.6. The maximum Gasteiger partial charge on any atom is 0.306 e. The minimum Gasteiger partial charge on any atom is -0.485 e. The molecule has 228 valence electrons. The molecular formula is C36H43FN2O4. The summed E-state index contributed by atoms with van der Waals surface area (Å²) < 4.78 is 27.2. The number of carboxylic acids is 1. The summed E-state index contributed by atoms with van der Waals surface area (Å²) >= 11 is 0. The summed E-state index contributed by atoms with van der Waals surface area (Å²) in [6.07, 6.45) is 8.48. The number of hydrogen-bond acceptors (Lipinski definition) is 5. The van der Waals surface area contributed by atoms with Gasteiger partial charge in [0.05, 0.1) is 19.2 Å². The molecule has 0 spiro atoms. The van der Waals surface area contributed by atoms with Crippen LogP contribution in [0.1, 0.15) is 93.6 Å². The summed E-state index contributed by atoms with van der Waals surface area (Å²) in [5, 5.41) is 9.78. The van der Waals surface area contributed by atoms with Crippen molar-refractivity contribution < 1.29 is 23.8 Å². The van der Waals surface area contributed by atoms with Crippen LogP contribution in [0.25, 0.3) is 11.1 Å². The van der Waals surface area contributed by atoms with Crippen molar-refractivity contribution in [3.63, 3.8) is 0 Å². The molecule has 0 radical (unpaired) electrons. The number of pyridine rings is 1. The van der Waals surface area contributed by atoms with Crippen molar-refractivity contribution in [2.45, 2.75) is 89.8 Å². The molecule has 3 atom stereocenters. The average molecular weight is 587 g/mol. The molecule has 1 unspecified atom stereocenters. The van der Waals surface area contributed by atoms with Gasteiger partial charge >= 0.3 is 5.97 Å². The molecule has 43 heavy (non-hydrogen) atoms. The van der Waals surface area contributed by atoms with Crippen LogP contribution in [0, 0.1) is 17.7 Å². The van der Waals surface area contributed by atoms with Crippen molar-refractivity contribution in [3.05, 3.63) is 76.7 Å². The van der Waals surface area contributed by atoms with Crippen LogP contribution in [0.2, 0.25) is 0 Å². The molecule has 3 aliphatic rings. The molecule has 7 heteroatoms. The minimum atomic E-state index is -0.749. The van der Waals surface area contributed by atoms with Crippen LogP contribution >= 0.6 is 0 Å². The fourth-order valence-electron chi connectivity index (χ4n) is 7.17. The Morgan fingerprint density at radius 1 is 1.14 bits per heavy atom. The van der Waals surface area contributed by atoms with Crippen molar-refractivity contribution in [1.82, 2.24) is 9.88 Å². The lowest BCUT2D eigenvalue weighted by molar-refractivity contribution is -0.142. The van der Waals surface area contributed by atoms with Crippen LogP contribution in [0.5, 0.6) is 11.6 Å². The molecule has 1 saturated carbocycles. The fraction of sp³-hybridized carbons (Fsp3) is 0.500. The monoisotopic (exact) mass is 586 g/mol. The third kappa shape index (κ3) is 6.14. The molecule has 1 aromatic heterocycles. The number of halogens is 1. The lowest BCUT2D eigenvalue weighted by atomic mass is 9.82. The van der Waals surface area contributed by atoms with Crippen molar-refractivity contribution >= 4 is 5.97 Å². The summed E-state index contributed by atoms with van der Waals surface area (Å²) in [7, 11) is 1.54. The Morgan fingerprint density at radius 2 is 1.95 bits per heavy atom. The second-order valence-corrected chi connectivity index (χ2v) is 13.3. The van der Waals surface area contributed by atoms with E-state index in [0.717, 1.165) is 78.6 Å². The van der Waals surface area contributed by atoms with Crippen LogP contribution in [0.15, 0.2) is 48.7 Å². The highest BCUT2D eigenvalue weighted by Gasteiger charge is 2.39. The zero-order valence-electron chi connectivity index (χ0n) is 25.7. The van der Waals surface area contributed by atoms with Crippen LogP contribution in [-0.2, 0) is 17.8 Å². The van der Waals surface area contributed by atoms with Crippen molar-refractivity contribution in [3.8, 4) is 22.8 Å². The lowest BCUT2D eigenvalue weighted by Crippen LogP contribution is -2.46. The second kappa shape index (κ2) is 11.9. The van der Waals surface area contributed by atoms with E-state index in [1.54, 1.807) is 13.2 Å². The maximum atomic E-state index is 15.2. The number of carboxylic acid groups (broad SMARTS) is 1. The van der Waals surface area contributed by atoms with E-state index in [2.05, 4.69) is 54.1 Å². The Morgan fingerprint density at radius 3 is 2.67 bits per heavy atom. The number of likely N-dealkylation sites (tertiary alicyclic amines) is 1. The van der Waals surface area contributed by atoms with E-state index in [4.69, 9.17) is 9.47 Å². The summed E-state index contributed by atoms with van der Waals surface area (Å²) in [6, 6.07) is 14.3. The van der Waals surface area contributed by atoms with Gasteiger partial charge in [0, 0.05) is 23.7 Å². The Hall–Kier alpha value is -3.45. The van der Waals surface area contributed by atoms with Gasteiger partial charge < -0.3 is 14.6 Å². The van der Waals surface area contributed by atoms with Gasteiger partial charge in [-0.25, -0.2) is 9.37 Å². The van der Waals surface area contributed by atoms with E-state index in [9.17, 15) is 9.90 Å². The first-order valence-electron chi connectivity index (χ1n) is 15.7. The predicted molar refractivity (Wildman–Crippen MR) is 165 cm³/mol. The quantitative estimate of drug-likeness (QED) is 0.274. The highest BCUT2D eigenvalue weighted by molar-refractivity contribution is 5.71. The summed E-state index contributed by atoms with van der Waals surface area (Å²) in [6.45, 7) is 8.13. The molecule has 3 heterocycles. The SMILES string of the molecule is COc1cc(-c2ccc([C@@H]3CCc4ccc(C(C5CC5)[C@H](C)C(=O)O)cc4O3)cc2CN2CCCCC2(C)C)c(F)cn1. The standard InChI is InChI=1S/C36H43FN2O4/c1-22(35(40)41)34(24-8-9-24)26-10-7-23-12-14-31(43-32(23)18-26)25-11-13-28(29-19-33(42-4)38-20-30(29)37)27(17-25)21-39-16-6-5-15-36(39,2)3/h7,10-11,13,17-20,22,24,31,34H,5-6,8-9,12,14-16,21H2,1-4H3,(H,40,41)/t22-,31-,34?/m0/s1. The molecule has 2 aromatic carbocycles. The molecule has 0 bridgehead atoms. The summed E-state index contributed by atoms with van der Waals surface area (Å²) in [5.74, 6) is 0.0956. The van der Waals surface area contributed by atoms with E-state index >= 15 is 4.39 Å². The molecule has 1 aliphatic carbocycles. The number of aryl methyl sites for hydroxylation is 1. The van der Waals surface area contributed by atoms with E-state index in [1.807, 2.05) is 13.0 Å². The third-order valence-corrected chi connectivity index (χ3v) is 9.99. The Labute approximate surface area is 254 Å².